The summed E-state index contributed by atoms with van der Waals surface area (Å²) < 4.78 is 10.5. The number of Topliss-reactive ketones (excluding diaryl/α,β-unsaturated/α-hetero) is 1. The fraction of sp³-hybridized carbons (Fsp3) is 0.136. The van der Waals surface area contributed by atoms with Gasteiger partial charge in [0.15, 0.2) is 5.78 Å². The molecule has 0 radical (unpaired) electrons. The number of benzene rings is 2. The molecule has 0 aliphatic heterocycles. The van der Waals surface area contributed by atoms with Crippen LogP contribution in [0.4, 0.5) is 17.1 Å². The average Bonchev–Trinajstić information content (AvgIpc) is 2.74. The van der Waals surface area contributed by atoms with Crippen molar-refractivity contribution in [1.29, 1.82) is 0 Å². The van der Waals surface area contributed by atoms with E-state index in [1.165, 1.54) is 20.2 Å². The van der Waals surface area contributed by atoms with E-state index in [-0.39, 0.29) is 11.5 Å². The largest absolute Gasteiger partial charge is 0.497 e. The second kappa shape index (κ2) is 8.88. The smallest absolute Gasteiger partial charge is 0.274 e. The predicted molar refractivity (Wildman–Crippen MR) is 111 cm³/mol. The van der Waals surface area contributed by atoms with Crippen molar-refractivity contribution in [3.63, 3.8) is 0 Å². The molecule has 29 heavy (non-hydrogen) atoms. The summed E-state index contributed by atoms with van der Waals surface area (Å²) in [6.45, 7) is 1.51. The Labute approximate surface area is 168 Å². The van der Waals surface area contributed by atoms with Crippen LogP contribution in [0.5, 0.6) is 11.5 Å². The summed E-state index contributed by atoms with van der Waals surface area (Å²) in [4.78, 5) is 28.4. The number of hydrogen-bond donors (Lipinski definition) is 2. The van der Waals surface area contributed by atoms with Crippen molar-refractivity contribution in [3.05, 3.63) is 72.1 Å². The van der Waals surface area contributed by atoms with Crippen molar-refractivity contribution in [2.24, 2.45) is 0 Å². The van der Waals surface area contributed by atoms with E-state index in [2.05, 4.69) is 15.6 Å². The number of anilines is 3. The molecule has 2 N–H and O–H groups in total. The highest BCUT2D eigenvalue weighted by molar-refractivity contribution is 6.04. The molecule has 1 heterocycles. The first-order chi connectivity index (χ1) is 14.0. The number of methoxy groups -OCH3 is 2. The number of hydrogen-bond acceptors (Lipinski definition) is 6. The number of carbonyl (C=O) groups excluding carboxylic acids is 2. The third-order valence-corrected chi connectivity index (χ3v) is 4.21. The zero-order chi connectivity index (χ0) is 20.8. The quantitative estimate of drug-likeness (QED) is 0.584. The maximum Gasteiger partial charge on any atom is 0.274 e. The molecule has 0 saturated carbocycles. The lowest BCUT2D eigenvalue weighted by Gasteiger charge is -2.12. The van der Waals surface area contributed by atoms with Crippen molar-refractivity contribution < 1.29 is 19.1 Å². The summed E-state index contributed by atoms with van der Waals surface area (Å²) in [6.07, 6.45) is 1.54. The van der Waals surface area contributed by atoms with Gasteiger partial charge in [-0.3, -0.25) is 14.6 Å². The van der Waals surface area contributed by atoms with Gasteiger partial charge >= 0.3 is 0 Å². The first kappa shape index (κ1) is 19.9. The van der Waals surface area contributed by atoms with Gasteiger partial charge in [0, 0.05) is 29.2 Å². The van der Waals surface area contributed by atoms with Crippen LogP contribution in [0.15, 0.2) is 60.8 Å². The third kappa shape index (κ3) is 4.90. The highest BCUT2D eigenvalue weighted by atomic mass is 16.5. The predicted octanol–water partition coefficient (Wildman–Crippen LogP) is 4.30. The van der Waals surface area contributed by atoms with Crippen LogP contribution in [-0.2, 0) is 0 Å². The molecule has 1 amide bonds. The fourth-order valence-corrected chi connectivity index (χ4v) is 2.71. The number of rotatable bonds is 7. The van der Waals surface area contributed by atoms with E-state index in [1.807, 2.05) is 6.07 Å². The zero-order valence-corrected chi connectivity index (χ0v) is 16.4. The van der Waals surface area contributed by atoms with Crippen LogP contribution in [0.3, 0.4) is 0 Å². The molecule has 0 bridgehead atoms. The van der Waals surface area contributed by atoms with E-state index in [4.69, 9.17) is 9.47 Å². The summed E-state index contributed by atoms with van der Waals surface area (Å²) in [5.74, 6) is 0.692. The molecular formula is C22H21N3O4. The number of ether oxygens (including phenoxy) is 2. The van der Waals surface area contributed by atoms with Crippen LogP contribution in [-0.4, -0.2) is 30.9 Å². The molecule has 0 fully saturated rings. The maximum atomic E-state index is 12.7. The van der Waals surface area contributed by atoms with Crippen molar-refractivity contribution in [1.82, 2.24) is 4.98 Å². The molecule has 0 aliphatic rings. The Hall–Kier alpha value is -3.87. The Morgan fingerprint density at radius 1 is 0.931 bits per heavy atom. The first-order valence-electron chi connectivity index (χ1n) is 8.87. The van der Waals surface area contributed by atoms with Gasteiger partial charge in [0.1, 0.15) is 17.2 Å². The molecule has 0 saturated heterocycles. The molecule has 0 spiro atoms. The highest BCUT2D eigenvalue weighted by Gasteiger charge is 2.13. The summed E-state index contributed by atoms with van der Waals surface area (Å²) in [7, 11) is 3.07. The Morgan fingerprint density at radius 3 is 2.45 bits per heavy atom. The second-order valence-electron chi connectivity index (χ2n) is 6.21. The van der Waals surface area contributed by atoms with Gasteiger partial charge < -0.3 is 20.1 Å². The molecule has 3 rings (SSSR count). The third-order valence-electron chi connectivity index (χ3n) is 4.21. The van der Waals surface area contributed by atoms with Gasteiger partial charge in [0.25, 0.3) is 5.91 Å². The van der Waals surface area contributed by atoms with Gasteiger partial charge in [-0.2, -0.15) is 0 Å². The molecule has 0 unspecified atom stereocenters. The standard InChI is InChI=1S/C22H21N3O4/c1-14(26)15-5-4-6-16(11-15)24-17-9-10-23-20(12-17)22(27)25-19-13-18(28-2)7-8-21(19)29-3/h4-13H,1-3H3,(H,23,24)(H,25,27). The van der Waals surface area contributed by atoms with Crippen molar-refractivity contribution in [2.75, 3.05) is 24.9 Å². The molecule has 3 aromatic rings. The van der Waals surface area contributed by atoms with Gasteiger partial charge in [-0.25, -0.2) is 0 Å². The second-order valence-corrected chi connectivity index (χ2v) is 6.21. The molecule has 7 heteroatoms. The number of nitrogens with zero attached hydrogens (tertiary/aromatic N) is 1. The molecule has 148 valence electrons. The normalized spacial score (nSPS) is 10.2. The Morgan fingerprint density at radius 2 is 1.72 bits per heavy atom. The Balaban J connectivity index is 1.80. The van der Waals surface area contributed by atoms with Gasteiger partial charge in [-0.05, 0) is 43.3 Å². The highest BCUT2D eigenvalue weighted by Crippen LogP contribution is 2.29. The fourth-order valence-electron chi connectivity index (χ4n) is 2.71. The van der Waals surface area contributed by atoms with Gasteiger partial charge in [-0.1, -0.05) is 12.1 Å². The minimum absolute atomic E-state index is 0.0179. The Kier molecular flexibility index (Phi) is 6.09. The van der Waals surface area contributed by atoms with Crippen LogP contribution in [0.25, 0.3) is 0 Å². The van der Waals surface area contributed by atoms with Crippen LogP contribution in [0, 0.1) is 0 Å². The maximum absolute atomic E-state index is 12.7. The van der Waals surface area contributed by atoms with E-state index in [9.17, 15) is 9.59 Å². The van der Waals surface area contributed by atoms with E-state index >= 15 is 0 Å². The molecule has 7 nitrogen and oxygen atoms in total. The van der Waals surface area contributed by atoms with Gasteiger partial charge in [-0.15, -0.1) is 0 Å². The van der Waals surface area contributed by atoms with Crippen LogP contribution < -0.4 is 20.1 Å². The molecule has 0 atom stereocenters. The van der Waals surface area contributed by atoms with E-state index in [1.54, 1.807) is 55.6 Å². The topological polar surface area (TPSA) is 89.5 Å². The van der Waals surface area contributed by atoms with E-state index in [0.717, 1.165) is 5.69 Å². The number of aromatic nitrogens is 1. The van der Waals surface area contributed by atoms with E-state index in [0.29, 0.717) is 28.4 Å². The lowest BCUT2D eigenvalue weighted by Crippen LogP contribution is -2.14. The first-order valence-corrected chi connectivity index (χ1v) is 8.87. The number of nitrogens with one attached hydrogen (secondary N) is 2. The summed E-state index contributed by atoms with van der Waals surface area (Å²) >= 11 is 0. The van der Waals surface area contributed by atoms with Gasteiger partial charge in [0.2, 0.25) is 0 Å². The zero-order valence-electron chi connectivity index (χ0n) is 16.4. The lowest BCUT2D eigenvalue weighted by molar-refractivity contribution is 0.101. The van der Waals surface area contributed by atoms with Crippen molar-refractivity contribution in [2.45, 2.75) is 6.92 Å². The lowest BCUT2D eigenvalue weighted by atomic mass is 10.1. The molecule has 1 aromatic heterocycles. The van der Waals surface area contributed by atoms with E-state index < -0.39 is 5.91 Å². The van der Waals surface area contributed by atoms with Crippen LogP contribution >= 0.6 is 0 Å². The minimum atomic E-state index is -0.391. The van der Waals surface area contributed by atoms with Crippen molar-refractivity contribution in [3.8, 4) is 11.5 Å². The van der Waals surface area contributed by atoms with Crippen LogP contribution in [0.2, 0.25) is 0 Å². The van der Waals surface area contributed by atoms with Gasteiger partial charge in [0.05, 0.1) is 19.9 Å². The molecule has 0 aliphatic carbocycles. The van der Waals surface area contributed by atoms with Crippen LogP contribution in [0.1, 0.15) is 27.8 Å². The summed E-state index contributed by atoms with van der Waals surface area (Å²) in [5.41, 5.74) is 2.72. The Bertz CT molecular complexity index is 1050. The monoisotopic (exact) mass is 391 g/mol. The number of ketones is 1. The minimum Gasteiger partial charge on any atom is -0.497 e. The number of amides is 1. The average molecular weight is 391 g/mol. The summed E-state index contributed by atoms with van der Waals surface area (Å²) in [6, 6.07) is 15.6. The summed E-state index contributed by atoms with van der Waals surface area (Å²) in [5, 5.41) is 5.97. The number of carbonyl (C=O) groups is 2. The SMILES string of the molecule is COc1ccc(OC)c(NC(=O)c2cc(Nc3cccc(C(C)=O)c3)ccn2)c1. The molecular weight excluding hydrogens is 370 g/mol. The molecule has 2 aromatic carbocycles. The van der Waals surface area contributed by atoms with Crippen molar-refractivity contribution >= 4 is 28.8 Å². The number of pyridine rings is 1.